The fourth-order valence-corrected chi connectivity index (χ4v) is 7.66. The van der Waals surface area contributed by atoms with Gasteiger partial charge in [-0.05, 0) is 80.0 Å². The molecular weight excluding hydrogens is 400 g/mol. The fourth-order valence-electron chi connectivity index (χ4n) is 7.66. The van der Waals surface area contributed by atoms with E-state index in [9.17, 15) is 9.59 Å². The summed E-state index contributed by atoms with van der Waals surface area (Å²) in [6.45, 7) is 4.79. The van der Waals surface area contributed by atoms with E-state index in [2.05, 4.69) is 29.8 Å². The predicted octanol–water partition coefficient (Wildman–Crippen LogP) is 4.34. The SMILES string of the molecule is CC(C)CNC(=O)[C@@H](CC1CCCCC1)NC(=N)NC(=O)CC12CC3CC(CC(C3)C1)C2. The molecule has 0 aliphatic heterocycles. The molecule has 1 atom stereocenters. The van der Waals surface area contributed by atoms with Gasteiger partial charge in [-0.1, -0.05) is 46.0 Å². The van der Waals surface area contributed by atoms with Gasteiger partial charge in [0.15, 0.2) is 5.96 Å². The molecule has 5 rings (SSSR count). The van der Waals surface area contributed by atoms with E-state index in [4.69, 9.17) is 5.41 Å². The van der Waals surface area contributed by atoms with E-state index in [-0.39, 0.29) is 23.2 Å². The van der Waals surface area contributed by atoms with Gasteiger partial charge in [0, 0.05) is 13.0 Å². The van der Waals surface area contributed by atoms with Crippen LogP contribution in [0.4, 0.5) is 0 Å². The summed E-state index contributed by atoms with van der Waals surface area (Å²) in [4.78, 5) is 25.8. The van der Waals surface area contributed by atoms with Gasteiger partial charge < -0.3 is 10.6 Å². The molecule has 4 N–H and O–H groups in total. The van der Waals surface area contributed by atoms with Crippen molar-refractivity contribution in [3.8, 4) is 0 Å². The predicted molar refractivity (Wildman–Crippen MR) is 127 cm³/mol. The maximum atomic E-state index is 12.9. The number of amides is 2. The molecular formula is C26H44N4O2. The Kier molecular flexibility index (Phi) is 7.46. The summed E-state index contributed by atoms with van der Waals surface area (Å²) in [5, 5.41) is 17.3. The molecule has 32 heavy (non-hydrogen) atoms. The first-order valence-corrected chi connectivity index (χ1v) is 13.2. The van der Waals surface area contributed by atoms with Gasteiger partial charge in [-0.15, -0.1) is 0 Å². The zero-order chi connectivity index (χ0) is 22.7. The van der Waals surface area contributed by atoms with Crippen molar-refractivity contribution in [2.45, 2.75) is 103 Å². The summed E-state index contributed by atoms with van der Waals surface area (Å²) in [6, 6.07) is -0.454. The summed E-state index contributed by atoms with van der Waals surface area (Å²) in [5.74, 6) is 3.23. The Hall–Kier alpha value is -1.59. The quantitative estimate of drug-likeness (QED) is 0.331. The lowest BCUT2D eigenvalue weighted by molar-refractivity contribution is -0.128. The number of hydrogen-bond donors (Lipinski definition) is 4. The Morgan fingerprint density at radius 2 is 1.56 bits per heavy atom. The number of carbonyl (C=O) groups is 2. The van der Waals surface area contributed by atoms with Gasteiger partial charge in [-0.3, -0.25) is 20.3 Å². The van der Waals surface area contributed by atoms with E-state index < -0.39 is 6.04 Å². The van der Waals surface area contributed by atoms with Gasteiger partial charge in [-0.25, -0.2) is 0 Å². The highest BCUT2D eigenvalue weighted by atomic mass is 16.2. The molecule has 0 saturated heterocycles. The van der Waals surface area contributed by atoms with Crippen LogP contribution in [0.25, 0.3) is 0 Å². The first-order valence-electron chi connectivity index (χ1n) is 13.2. The largest absolute Gasteiger partial charge is 0.354 e. The molecule has 0 radical (unpaired) electrons. The smallest absolute Gasteiger partial charge is 0.242 e. The molecule has 5 fully saturated rings. The van der Waals surface area contributed by atoms with Gasteiger partial charge >= 0.3 is 0 Å². The Morgan fingerprint density at radius 1 is 0.969 bits per heavy atom. The molecule has 4 bridgehead atoms. The molecule has 0 spiro atoms. The Bertz CT molecular complexity index is 663. The topological polar surface area (TPSA) is 94.1 Å². The van der Waals surface area contributed by atoms with Crippen molar-refractivity contribution in [1.29, 1.82) is 5.41 Å². The second-order valence-corrected chi connectivity index (χ2v) is 12.1. The zero-order valence-corrected chi connectivity index (χ0v) is 20.2. The van der Waals surface area contributed by atoms with Gasteiger partial charge in [0.25, 0.3) is 0 Å². The van der Waals surface area contributed by atoms with Crippen LogP contribution in [0.3, 0.4) is 0 Å². The maximum absolute atomic E-state index is 12.9. The minimum Gasteiger partial charge on any atom is -0.354 e. The minimum absolute atomic E-state index is 0.0137. The Balaban J connectivity index is 1.30. The van der Waals surface area contributed by atoms with Crippen LogP contribution in [0.1, 0.15) is 97.3 Å². The van der Waals surface area contributed by atoms with Gasteiger partial charge in [-0.2, -0.15) is 0 Å². The molecule has 6 nitrogen and oxygen atoms in total. The molecule has 6 heteroatoms. The van der Waals surface area contributed by atoms with Crippen LogP contribution in [0.5, 0.6) is 0 Å². The molecule has 180 valence electrons. The molecule has 0 heterocycles. The van der Waals surface area contributed by atoms with Crippen molar-refractivity contribution < 1.29 is 9.59 Å². The first-order chi connectivity index (χ1) is 15.3. The molecule has 0 aromatic carbocycles. The van der Waals surface area contributed by atoms with E-state index in [1.54, 1.807) is 0 Å². The highest BCUT2D eigenvalue weighted by Crippen LogP contribution is 2.61. The van der Waals surface area contributed by atoms with Gasteiger partial charge in [0.1, 0.15) is 6.04 Å². The lowest BCUT2D eigenvalue weighted by Crippen LogP contribution is -2.53. The summed E-state index contributed by atoms with van der Waals surface area (Å²) >= 11 is 0. The third kappa shape index (κ3) is 6.05. The lowest BCUT2D eigenvalue weighted by atomic mass is 9.49. The molecule has 5 aliphatic rings. The van der Waals surface area contributed by atoms with E-state index in [0.717, 1.165) is 37.0 Å². The number of hydrogen-bond acceptors (Lipinski definition) is 3. The first kappa shape index (κ1) is 23.6. The average Bonchev–Trinajstić information content (AvgIpc) is 2.70. The molecule has 5 saturated carbocycles. The van der Waals surface area contributed by atoms with Crippen LogP contribution in [0, 0.1) is 40.4 Å². The number of nitrogens with one attached hydrogen (secondary N) is 4. The number of rotatable bonds is 8. The molecule has 0 aromatic rings. The highest BCUT2D eigenvalue weighted by molar-refractivity contribution is 5.97. The van der Waals surface area contributed by atoms with E-state index in [0.29, 0.717) is 24.8 Å². The summed E-state index contributed by atoms with van der Waals surface area (Å²) in [7, 11) is 0. The van der Waals surface area contributed by atoms with Crippen LogP contribution < -0.4 is 16.0 Å². The van der Waals surface area contributed by atoms with E-state index >= 15 is 0 Å². The van der Waals surface area contributed by atoms with Crippen LogP contribution >= 0.6 is 0 Å². The molecule has 0 aromatic heterocycles. The van der Waals surface area contributed by atoms with Crippen LogP contribution in [0.2, 0.25) is 0 Å². The number of carbonyl (C=O) groups excluding carboxylic acids is 2. The third-order valence-electron chi connectivity index (χ3n) is 8.58. The van der Waals surface area contributed by atoms with Crippen molar-refractivity contribution in [1.82, 2.24) is 16.0 Å². The fraction of sp³-hybridized carbons (Fsp3) is 0.885. The third-order valence-corrected chi connectivity index (χ3v) is 8.58. The van der Waals surface area contributed by atoms with Crippen LogP contribution in [-0.2, 0) is 9.59 Å². The molecule has 2 amide bonds. The second kappa shape index (κ2) is 10.1. The second-order valence-electron chi connectivity index (χ2n) is 12.1. The summed E-state index contributed by atoms with van der Waals surface area (Å²) in [5.41, 5.74) is 0.162. The standard InChI is InChI=1S/C26H44N4O2/c1-17(2)16-28-24(32)22(11-18-6-4-3-5-7-18)29-25(27)30-23(31)15-26-12-19-8-20(13-26)10-21(9-19)14-26/h17-22H,3-16H2,1-2H3,(H,28,32)(H3,27,29,30,31)/t19?,20?,21?,22-,26?/m1/s1. The van der Waals surface area contributed by atoms with Gasteiger partial charge in [0.2, 0.25) is 11.8 Å². The minimum atomic E-state index is -0.454. The monoisotopic (exact) mass is 444 g/mol. The summed E-state index contributed by atoms with van der Waals surface area (Å²) in [6.07, 6.45) is 15.0. The van der Waals surface area contributed by atoms with Crippen molar-refractivity contribution in [3.63, 3.8) is 0 Å². The van der Waals surface area contributed by atoms with Gasteiger partial charge in [0.05, 0.1) is 0 Å². The average molecular weight is 445 g/mol. The van der Waals surface area contributed by atoms with Crippen LogP contribution in [0.15, 0.2) is 0 Å². The normalized spacial score (nSPS) is 32.5. The van der Waals surface area contributed by atoms with Crippen LogP contribution in [-0.4, -0.2) is 30.4 Å². The van der Waals surface area contributed by atoms with E-state index in [1.807, 2.05) is 0 Å². The van der Waals surface area contributed by atoms with Crippen molar-refractivity contribution in [3.05, 3.63) is 0 Å². The van der Waals surface area contributed by atoms with E-state index in [1.165, 1.54) is 57.8 Å². The Labute approximate surface area is 193 Å². The highest BCUT2D eigenvalue weighted by Gasteiger charge is 2.51. The molecule has 5 aliphatic carbocycles. The molecule has 0 unspecified atom stereocenters. The number of guanidine groups is 1. The van der Waals surface area contributed by atoms with Crippen molar-refractivity contribution in [2.24, 2.45) is 35.0 Å². The zero-order valence-electron chi connectivity index (χ0n) is 20.2. The van der Waals surface area contributed by atoms with Crippen molar-refractivity contribution in [2.75, 3.05) is 6.54 Å². The Morgan fingerprint density at radius 3 is 2.12 bits per heavy atom. The maximum Gasteiger partial charge on any atom is 0.242 e. The lowest BCUT2D eigenvalue weighted by Gasteiger charge is -2.56. The van der Waals surface area contributed by atoms with Crippen molar-refractivity contribution >= 4 is 17.8 Å². The summed E-state index contributed by atoms with van der Waals surface area (Å²) < 4.78 is 0.